The molecule has 0 aromatic heterocycles. The fourth-order valence-electron chi connectivity index (χ4n) is 1.64. The molecule has 0 aliphatic carbocycles. The third-order valence-corrected chi connectivity index (χ3v) is 4.93. The second kappa shape index (κ2) is 5.65. The van der Waals surface area contributed by atoms with Gasteiger partial charge in [0.15, 0.2) is 5.84 Å². The van der Waals surface area contributed by atoms with E-state index in [0.29, 0.717) is 6.61 Å². The Morgan fingerprint density at radius 1 is 1.71 bits per heavy atom. The molecule has 2 unspecified atom stereocenters. The van der Waals surface area contributed by atoms with E-state index in [2.05, 4.69) is 5.16 Å². The lowest BCUT2D eigenvalue weighted by atomic mass is 10.3. The third-order valence-electron chi connectivity index (χ3n) is 2.95. The average Bonchev–Trinajstić information content (AvgIpc) is 2.77. The van der Waals surface area contributed by atoms with E-state index < -0.39 is 16.1 Å². The number of rotatable bonds is 5. The van der Waals surface area contributed by atoms with Gasteiger partial charge in [-0.05, 0) is 19.8 Å². The summed E-state index contributed by atoms with van der Waals surface area (Å²) in [6, 6.07) is -0.675. The van der Waals surface area contributed by atoms with E-state index in [1.165, 1.54) is 7.05 Å². The van der Waals surface area contributed by atoms with E-state index in [1.807, 2.05) is 0 Å². The van der Waals surface area contributed by atoms with Crippen LogP contribution in [0.3, 0.4) is 0 Å². The second-order valence-corrected chi connectivity index (χ2v) is 6.20. The van der Waals surface area contributed by atoms with Crippen LogP contribution in [0.4, 0.5) is 0 Å². The Labute approximate surface area is 101 Å². The van der Waals surface area contributed by atoms with Gasteiger partial charge in [0.1, 0.15) is 0 Å². The van der Waals surface area contributed by atoms with Crippen LogP contribution in [0.5, 0.6) is 0 Å². The smallest absolute Gasteiger partial charge is 0.217 e. The number of ether oxygens (including phenoxy) is 1. The van der Waals surface area contributed by atoms with Crippen LogP contribution in [-0.2, 0) is 14.8 Å². The van der Waals surface area contributed by atoms with Gasteiger partial charge in [0.2, 0.25) is 10.0 Å². The Morgan fingerprint density at radius 2 is 2.35 bits per heavy atom. The van der Waals surface area contributed by atoms with Gasteiger partial charge in [-0.1, -0.05) is 5.16 Å². The molecule has 1 aliphatic rings. The molecule has 0 aromatic rings. The summed E-state index contributed by atoms with van der Waals surface area (Å²) < 4.78 is 30.4. The van der Waals surface area contributed by atoms with E-state index in [4.69, 9.17) is 15.7 Å². The molecule has 0 aromatic carbocycles. The van der Waals surface area contributed by atoms with Crippen molar-refractivity contribution in [3.05, 3.63) is 0 Å². The summed E-state index contributed by atoms with van der Waals surface area (Å²) in [5.74, 6) is -0.199. The standard InChI is InChI=1S/C9H19N3O4S/c1-7(9(10)11-13)12(2)17(14,15)6-8-4-3-5-16-8/h7-8,13H,3-6H2,1-2H3,(H2,10,11). The predicted octanol–water partition coefficient (Wildman–Crippen LogP) is -0.438. The summed E-state index contributed by atoms with van der Waals surface area (Å²) in [6.07, 6.45) is 1.40. The molecule has 7 nitrogen and oxygen atoms in total. The monoisotopic (exact) mass is 265 g/mol. The van der Waals surface area contributed by atoms with Gasteiger partial charge >= 0.3 is 0 Å². The summed E-state index contributed by atoms with van der Waals surface area (Å²) >= 11 is 0. The largest absolute Gasteiger partial charge is 0.409 e. The van der Waals surface area contributed by atoms with Crippen LogP contribution in [0, 0.1) is 0 Å². The van der Waals surface area contributed by atoms with E-state index in [1.54, 1.807) is 6.92 Å². The highest BCUT2D eigenvalue weighted by Crippen LogP contribution is 2.16. The van der Waals surface area contributed by atoms with Gasteiger partial charge in [-0.3, -0.25) is 0 Å². The lowest BCUT2D eigenvalue weighted by Gasteiger charge is -2.24. The molecule has 0 spiro atoms. The zero-order chi connectivity index (χ0) is 13.1. The Hall–Kier alpha value is -0.860. The highest BCUT2D eigenvalue weighted by Gasteiger charge is 2.30. The first-order valence-electron chi connectivity index (χ1n) is 5.43. The van der Waals surface area contributed by atoms with Crippen molar-refractivity contribution in [2.24, 2.45) is 10.9 Å². The molecule has 1 saturated heterocycles. The molecule has 0 radical (unpaired) electrons. The summed E-state index contributed by atoms with van der Waals surface area (Å²) in [6.45, 7) is 2.17. The normalized spacial score (nSPS) is 24.2. The molecule has 1 aliphatic heterocycles. The summed E-state index contributed by atoms with van der Waals surface area (Å²) in [5.41, 5.74) is 5.38. The van der Waals surface area contributed by atoms with Crippen molar-refractivity contribution in [1.82, 2.24) is 4.31 Å². The van der Waals surface area contributed by atoms with E-state index in [-0.39, 0.29) is 17.7 Å². The van der Waals surface area contributed by atoms with Crippen molar-refractivity contribution in [3.8, 4) is 0 Å². The van der Waals surface area contributed by atoms with Crippen LogP contribution < -0.4 is 5.73 Å². The Bertz CT molecular complexity index is 376. The van der Waals surface area contributed by atoms with Crippen LogP contribution in [0.25, 0.3) is 0 Å². The van der Waals surface area contributed by atoms with Crippen LogP contribution in [0.2, 0.25) is 0 Å². The van der Waals surface area contributed by atoms with Gasteiger partial charge in [0, 0.05) is 13.7 Å². The number of oxime groups is 1. The maximum Gasteiger partial charge on any atom is 0.217 e. The van der Waals surface area contributed by atoms with Crippen molar-refractivity contribution in [2.75, 3.05) is 19.4 Å². The quantitative estimate of drug-likeness (QED) is 0.303. The number of nitrogens with zero attached hydrogens (tertiary/aromatic N) is 2. The summed E-state index contributed by atoms with van der Waals surface area (Å²) in [4.78, 5) is 0. The van der Waals surface area contributed by atoms with Crippen molar-refractivity contribution in [3.63, 3.8) is 0 Å². The van der Waals surface area contributed by atoms with Crippen LogP contribution in [0.1, 0.15) is 19.8 Å². The van der Waals surface area contributed by atoms with Gasteiger partial charge in [-0.15, -0.1) is 0 Å². The Balaban J connectivity index is 2.68. The molecule has 1 heterocycles. The number of nitrogens with two attached hydrogens (primary N) is 1. The maximum absolute atomic E-state index is 12.0. The number of hydrogen-bond donors (Lipinski definition) is 2. The van der Waals surface area contributed by atoms with E-state index in [9.17, 15) is 8.42 Å². The molecule has 0 bridgehead atoms. The first kappa shape index (κ1) is 14.2. The minimum atomic E-state index is -3.46. The fourth-order valence-corrected chi connectivity index (χ4v) is 3.20. The van der Waals surface area contributed by atoms with Gasteiger partial charge in [0.25, 0.3) is 0 Å². The summed E-state index contributed by atoms with van der Waals surface area (Å²) in [5, 5.41) is 11.3. The molecule has 17 heavy (non-hydrogen) atoms. The molecule has 8 heteroatoms. The van der Waals surface area contributed by atoms with Gasteiger partial charge in [0.05, 0.1) is 17.9 Å². The predicted molar refractivity (Wildman–Crippen MR) is 63.4 cm³/mol. The van der Waals surface area contributed by atoms with Crippen LogP contribution in [0.15, 0.2) is 5.16 Å². The fraction of sp³-hybridized carbons (Fsp3) is 0.889. The van der Waals surface area contributed by atoms with Crippen molar-refractivity contribution >= 4 is 15.9 Å². The van der Waals surface area contributed by atoms with Gasteiger partial charge in [-0.2, -0.15) is 4.31 Å². The van der Waals surface area contributed by atoms with E-state index in [0.717, 1.165) is 17.1 Å². The molecule has 0 saturated carbocycles. The molecule has 2 atom stereocenters. The minimum absolute atomic E-state index is 0.0629. The van der Waals surface area contributed by atoms with Gasteiger partial charge < -0.3 is 15.7 Å². The lowest BCUT2D eigenvalue weighted by Crippen LogP contribution is -2.46. The molecule has 0 amide bonds. The number of amidine groups is 1. The Kier molecular flexibility index (Phi) is 4.72. The highest BCUT2D eigenvalue weighted by atomic mass is 32.2. The number of hydrogen-bond acceptors (Lipinski definition) is 5. The maximum atomic E-state index is 12.0. The van der Waals surface area contributed by atoms with Crippen molar-refractivity contribution in [1.29, 1.82) is 0 Å². The zero-order valence-corrected chi connectivity index (χ0v) is 10.9. The number of sulfonamides is 1. The molecular formula is C9H19N3O4S. The SMILES string of the molecule is CC(C(N)=NO)N(C)S(=O)(=O)CC1CCCO1. The molecule has 1 fully saturated rings. The van der Waals surface area contributed by atoms with Crippen molar-refractivity contribution in [2.45, 2.75) is 31.9 Å². The first-order valence-corrected chi connectivity index (χ1v) is 7.04. The molecule has 3 N–H and O–H groups in total. The lowest BCUT2D eigenvalue weighted by molar-refractivity contribution is 0.126. The number of likely N-dealkylation sites (N-methyl/N-ethyl adjacent to an activating group) is 1. The Morgan fingerprint density at radius 3 is 2.82 bits per heavy atom. The van der Waals surface area contributed by atoms with E-state index >= 15 is 0 Å². The van der Waals surface area contributed by atoms with Gasteiger partial charge in [-0.25, -0.2) is 8.42 Å². The average molecular weight is 265 g/mol. The second-order valence-electron chi connectivity index (χ2n) is 4.13. The highest BCUT2D eigenvalue weighted by molar-refractivity contribution is 7.89. The van der Waals surface area contributed by atoms with Crippen molar-refractivity contribution < 1.29 is 18.4 Å². The minimum Gasteiger partial charge on any atom is -0.409 e. The topological polar surface area (TPSA) is 105 Å². The third kappa shape index (κ3) is 3.55. The molecule has 100 valence electrons. The zero-order valence-electron chi connectivity index (χ0n) is 10.0. The van der Waals surface area contributed by atoms with Crippen LogP contribution in [-0.4, -0.2) is 55.3 Å². The first-order chi connectivity index (χ1) is 7.88. The molecule has 1 rings (SSSR count). The molecular weight excluding hydrogens is 246 g/mol. The summed E-state index contributed by atoms with van der Waals surface area (Å²) in [7, 11) is -2.05. The van der Waals surface area contributed by atoms with Crippen LogP contribution >= 0.6 is 0 Å².